The van der Waals surface area contributed by atoms with Crippen LogP contribution in [-0.4, -0.2) is 17.6 Å². The van der Waals surface area contributed by atoms with Crippen LogP contribution in [0.1, 0.15) is 17.2 Å². The first kappa shape index (κ1) is 15.7. The number of aliphatic hydroxyl groups is 1. The van der Waals surface area contributed by atoms with Gasteiger partial charge >= 0.3 is 0 Å². The summed E-state index contributed by atoms with van der Waals surface area (Å²) in [5, 5.41) is 12.1. The van der Waals surface area contributed by atoms with Crippen LogP contribution in [0.5, 0.6) is 0 Å². The molecule has 0 aromatic heterocycles. The van der Waals surface area contributed by atoms with Gasteiger partial charge in [-0.1, -0.05) is 30.2 Å². The maximum atomic E-state index is 13.5. The first-order chi connectivity index (χ1) is 10.6. The van der Waals surface area contributed by atoms with E-state index >= 15 is 0 Å². The number of rotatable bonds is 3. The Morgan fingerprint density at radius 1 is 1.09 bits per heavy atom. The first-order valence-corrected chi connectivity index (χ1v) is 6.55. The smallest absolute Gasteiger partial charge is 0.296 e. The molecule has 0 spiro atoms. The van der Waals surface area contributed by atoms with E-state index in [9.17, 15) is 18.7 Å². The molecule has 1 amide bonds. The van der Waals surface area contributed by atoms with E-state index in [1.807, 2.05) is 6.07 Å². The molecule has 0 aliphatic carbocycles. The largest absolute Gasteiger partial charge is 0.386 e. The Morgan fingerprint density at radius 2 is 1.73 bits per heavy atom. The average Bonchev–Trinajstić information content (AvgIpc) is 2.52. The van der Waals surface area contributed by atoms with Crippen molar-refractivity contribution in [3.63, 3.8) is 0 Å². The van der Waals surface area contributed by atoms with Crippen LogP contribution in [0.4, 0.5) is 8.78 Å². The fourth-order valence-electron chi connectivity index (χ4n) is 1.82. The second-order valence-electron chi connectivity index (χ2n) is 4.48. The molecule has 2 N–H and O–H groups in total. The van der Waals surface area contributed by atoms with Crippen molar-refractivity contribution in [2.24, 2.45) is 0 Å². The van der Waals surface area contributed by atoms with Gasteiger partial charge in [0, 0.05) is 18.0 Å². The van der Waals surface area contributed by atoms with Gasteiger partial charge in [0.15, 0.2) is 0 Å². The van der Waals surface area contributed by atoms with Gasteiger partial charge in [-0.3, -0.25) is 4.79 Å². The van der Waals surface area contributed by atoms with Crippen molar-refractivity contribution in [3.05, 3.63) is 71.3 Å². The molecule has 0 aliphatic rings. The summed E-state index contributed by atoms with van der Waals surface area (Å²) in [5.74, 6) is 2.61. The lowest BCUT2D eigenvalue weighted by molar-refractivity contribution is -0.116. The van der Waals surface area contributed by atoms with Crippen molar-refractivity contribution in [1.82, 2.24) is 5.32 Å². The number of aliphatic hydroxyl groups excluding tert-OH is 1. The van der Waals surface area contributed by atoms with Crippen LogP contribution in [0.25, 0.3) is 0 Å². The molecule has 3 nitrogen and oxygen atoms in total. The summed E-state index contributed by atoms with van der Waals surface area (Å²) < 4.78 is 26.9. The normalized spacial score (nSPS) is 11.2. The Morgan fingerprint density at radius 3 is 2.36 bits per heavy atom. The van der Waals surface area contributed by atoms with Crippen molar-refractivity contribution < 1.29 is 18.7 Å². The highest BCUT2D eigenvalue weighted by molar-refractivity contribution is 5.94. The summed E-state index contributed by atoms with van der Waals surface area (Å²) in [6, 6.07) is 12.2. The predicted molar refractivity (Wildman–Crippen MR) is 77.6 cm³/mol. The number of nitrogens with one attached hydrogen (secondary N) is 1. The van der Waals surface area contributed by atoms with Crippen LogP contribution in [-0.2, 0) is 4.79 Å². The minimum atomic E-state index is -1.48. The molecule has 0 radical (unpaired) electrons. The molecule has 0 unspecified atom stereocenters. The minimum absolute atomic E-state index is 0.333. The number of hydrogen-bond acceptors (Lipinski definition) is 2. The summed E-state index contributed by atoms with van der Waals surface area (Å²) in [5.41, 5.74) is 0.192. The van der Waals surface area contributed by atoms with Crippen molar-refractivity contribution >= 4 is 5.91 Å². The highest BCUT2D eigenvalue weighted by Gasteiger charge is 2.17. The maximum absolute atomic E-state index is 13.5. The van der Waals surface area contributed by atoms with Gasteiger partial charge < -0.3 is 10.4 Å². The molecule has 2 rings (SSSR count). The Bertz CT molecular complexity index is 700. The van der Waals surface area contributed by atoms with Gasteiger partial charge in [-0.2, -0.15) is 0 Å². The molecular formula is C17H13F2NO2. The zero-order chi connectivity index (χ0) is 15.9. The molecule has 0 fully saturated rings. The Labute approximate surface area is 126 Å². The van der Waals surface area contributed by atoms with E-state index in [0.29, 0.717) is 5.56 Å². The van der Waals surface area contributed by atoms with Gasteiger partial charge in [0.05, 0.1) is 5.56 Å². The fraction of sp³-hybridized carbons (Fsp3) is 0.118. The zero-order valence-corrected chi connectivity index (χ0v) is 11.5. The number of amides is 1. The monoisotopic (exact) mass is 301 g/mol. The maximum Gasteiger partial charge on any atom is 0.296 e. The van der Waals surface area contributed by atoms with Crippen LogP contribution in [0.2, 0.25) is 0 Å². The zero-order valence-electron chi connectivity index (χ0n) is 11.5. The number of benzene rings is 2. The lowest BCUT2D eigenvalue weighted by Gasteiger charge is -2.12. The average molecular weight is 301 g/mol. The van der Waals surface area contributed by atoms with Crippen LogP contribution in [0.15, 0.2) is 48.5 Å². The van der Waals surface area contributed by atoms with Gasteiger partial charge in [0.2, 0.25) is 0 Å². The summed E-state index contributed by atoms with van der Waals surface area (Å²) in [6.07, 6.45) is -1.48. The third-order valence-corrected chi connectivity index (χ3v) is 2.88. The Balaban J connectivity index is 1.96. The van der Waals surface area contributed by atoms with Crippen LogP contribution in [0.3, 0.4) is 0 Å². The molecule has 0 bridgehead atoms. The van der Waals surface area contributed by atoms with Crippen molar-refractivity contribution in [3.8, 4) is 11.8 Å². The van der Waals surface area contributed by atoms with Crippen molar-refractivity contribution in [1.29, 1.82) is 0 Å². The molecule has 0 saturated carbocycles. The lowest BCUT2D eigenvalue weighted by atomic mass is 10.1. The Kier molecular flexibility index (Phi) is 5.23. The fourth-order valence-corrected chi connectivity index (χ4v) is 1.82. The standard InChI is InChI=1S/C17H13F2NO2/c18-13-7-4-8-14(19)17(13)15(21)11-20-16(22)10-9-12-5-2-1-3-6-12/h1-8,15,21H,11H2,(H,20,22)/t15-/m0/s1. The predicted octanol–water partition coefficient (Wildman–Crippen LogP) is 2.17. The van der Waals surface area contributed by atoms with E-state index in [1.165, 1.54) is 6.07 Å². The SMILES string of the molecule is O=C(C#Cc1ccccc1)NC[C@H](O)c1c(F)cccc1F. The quantitative estimate of drug-likeness (QED) is 0.854. The van der Waals surface area contributed by atoms with Gasteiger partial charge in [0.1, 0.15) is 17.7 Å². The molecule has 0 heterocycles. The lowest BCUT2D eigenvalue weighted by Crippen LogP contribution is -2.28. The number of carbonyl (C=O) groups excluding carboxylic acids is 1. The number of halogens is 2. The summed E-state index contributed by atoms with van der Waals surface area (Å²) in [4.78, 5) is 11.5. The van der Waals surface area contributed by atoms with Gasteiger partial charge in [-0.05, 0) is 24.3 Å². The van der Waals surface area contributed by atoms with Gasteiger partial charge in [0.25, 0.3) is 5.91 Å². The number of hydrogen-bond donors (Lipinski definition) is 2. The highest BCUT2D eigenvalue weighted by Crippen LogP contribution is 2.19. The van der Waals surface area contributed by atoms with Crippen LogP contribution < -0.4 is 5.32 Å². The van der Waals surface area contributed by atoms with Crippen molar-refractivity contribution in [2.75, 3.05) is 6.54 Å². The third-order valence-electron chi connectivity index (χ3n) is 2.88. The van der Waals surface area contributed by atoms with Crippen molar-refractivity contribution in [2.45, 2.75) is 6.10 Å². The third kappa shape index (κ3) is 4.14. The molecule has 5 heteroatoms. The van der Waals surface area contributed by atoms with E-state index in [0.717, 1.165) is 12.1 Å². The van der Waals surface area contributed by atoms with E-state index in [4.69, 9.17) is 0 Å². The molecule has 2 aromatic rings. The van der Waals surface area contributed by atoms with E-state index in [-0.39, 0.29) is 6.54 Å². The minimum Gasteiger partial charge on any atom is -0.386 e. The molecule has 0 aliphatic heterocycles. The summed E-state index contributed by atoms with van der Waals surface area (Å²) in [6.45, 7) is -0.333. The van der Waals surface area contributed by atoms with E-state index < -0.39 is 29.2 Å². The summed E-state index contributed by atoms with van der Waals surface area (Å²) >= 11 is 0. The summed E-state index contributed by atoms with van der Waals surface area (Å²) in [7, 11) is 0. The molecule has 2 aromatic carbocycles. The second kappa shape index (κ2) is 7.34. The molecule has 112 valence electrons. The second-order valence-corrected chi connectivity index (χ2v) is 4.48. The van der Waals surface area contributed by atoms with Gasteiger partial charge in [-0.15, -0.1) is 0 Å². The van der Waals surface area contributed by atoms with Gasteiger partial charge in [-0.25, -0.2) is 8.78 Å². The van der Waals surface area contributed by atoms with E-state index in [2.05, 4.69) is 17.2 Å². The topological polar surface area (TPSA) is 49.3 Å². The molecular weight excluding hydrogens is 288 g/mol. The number of carbonyl (C=O) groups is 1. The van der Waals surface area contributed by atoms with E-state index in [1.54, 1.807) is 24.3 Å². The van der Waals surface area contributed by atoms with Crippen LogP contribution >= 0.6 is 0 Å². The first-order valence-electron chi connectivity index (χ1n) is 6.55. The van der Waals surface area contributed by atoms with Crippen LogP contribution in [0, 0.1) is 23.5 Å². The molecule has 22 heavy (non-hydrogen) atoms. The molecule has 1 atom stereocenters. The Hall–Kier alpha value is -2.71. The highest BCUT2D eigenvalue weighted by atomic mass is 19.1. The molecule has 0 saturated heterocycles.